The minimum Gasteiger partial charge on any atom is -0.481 e. The van der Waals surface area contributed by atoms with Crippen LogP contribution in [0.25, 0.3) is 33.3 Å². The van der Waals surface area contributed by atoms with Gasteiger partial charge in [-0.25, -0.2) is 23.5 Å². The van der Waals surface area contributed by atoms with Crippen molar-refractivity contribution in [1.82, 2.24) is 24.0 Å². The largest absolute Gasteiger partial charge is 0.481 e. The molecule has 2 atom stereocenters. The van der Waals surface area contributed by atoms with Crippen molar-refractivity contribution in [2.75, 3.05) is 25.5 Å². The SMILES string of the molecule is COc1nc(-c2cccc(-c3cccc(Nc4nc(C(F)F)cc5c4c(=O)n(C)c(=O)n5C)c3C)c2Cl)ccc1CN1CC2C(C)C2C1. The summed E-state index contributed by atoms with van der Waals surface area (Å²) < 4.78 is 35.6. The average Bonchev–Trinajstić information content (AvgIpc) is 3.45. The Morgan fingerprint density at radius 1 is 0.979 bits per heavy atom. The fourth-order valence-electron chi connectivity index (χ4n) is 7.14. The van der Waals surface area contributed by atoms with Crippen LogP contribution in [0.3, 0.4) is 0 Å². The van der Waals surface area contributed by atoms with Gasteiger partial charge >= 0.3 is 5.69 Å². The number of halogens is 3. The average molecular weight is 673 g/mol. The zero-order valence-corrected chi connectivity index (χ0v) is 28.0. The van der Waals surface area contributed by atoms with E-state index in [1.807, 2.05) is 37.3 Å². The molecule has 9 nitrogen and oxygen atoms in total. The van der Waals surface area contributed by atoms with Gasteiger partial charge in [-0.05, 0) is 54.0 Å². The van der Waals surface area contributed by atoms with Crippen LogP contribution in [0.15, 0.2) is 64.2 Å². The van der Waals surface area contributed by atoms with Crippen molar-refractivity contribution in [3.8, 4) is 28.3 Å². The second kappa shape index (κ2) is 12.1. The smallest absolute Gasteiger partial charge is 0.330 e. The number of anilines is 2. The molecule has 48 heavy (non-hydrogen) atoms. The Morgan fingerprint density at radius 2 is 1.67 bits per heavy atom. The molecule has 2 fully saturated rings. The highest BCUT2D eigenvalue weighted by molar-refractivity contribution is 6.36. The standard InChI is InChI=1S/C36H35ClF2N6O3/c1-18-24-16-45(17-25(18)24)15-20-12-13-27(42-34(20)48-5)23-10-6-9-22(31(23)37)21-8-7-11-26(19(21)2)40-33-30-29(14-28(41-33)32(38)39)43(3)36(47)44(4)35(30)46/h6-14,18,24-25,32H,15-17H2,1-5H3,(H,40,41). The molecule has 7 rings (SSSR count). The molecular weight excluding hydrogens is 638 g/mol. The van der Waals surface area contributed by atoms with Crippen LogP contribution < -0.4 is 21.3 Å². The molecule has 4 heterocycles. The van der Waals surface area contributed by atoms with Crippen molar-refractivity contribution in [2.24, 2.45) is 31.8 Å². The minimum absolute atomic E-state index is 0.0217. The van der Waals surface area contributed by atoms with E-state index < -0.39 is 23.4 Å². The van der Waals surface area contributed by atoms with E-state index in [1.165, 1.54) is 14.1 Å². The summed E-state index contributed by atoms with van der Waals surface area (Å²) in [5, 5.41) is 3.62. The predicted octanol–water partition coefficient (Wildman–Crippen LogP) is 6.71. The second-order valence-corrected chi connectivity index (χ2v) is 13.2. The number of benzene rings is 2. The van der Waals surface area contributed by atoms with Gasteiger partial charge in [0.25, 0.3) is 12.0 Å². The van der Waals surface area contributed by atoms with E-state index in [4.69, 9.17) is 21.3 Å². The Balaban J connectivity index is 1.24. The van der Waals surface area contributed by atoms with Crippen LogP contribution >= 0.6 is 11.6 Å². The van der Waals surface area contributed by atoms with E-state index >= 15 is 0 Å². The number of nitrogens with one attached hydrogen (secondary N) is 1. The molecule has 12 heteroatoms. The van der Waals surface area contributed by atoms with Crippen molar-refractivity contribution < 1.29 is 13.5 Å². The highest BCUT2D eigenvalue weighted by Crippen LogP contribution is 2.51. The molecule has 0 spiro atoms. The highest BCUT2D eigenvalue weighted by Gasteiger charge is 2.52. The molecule has 1 aliphatic heterocycles. The Morgan fingerprint density at radius 3 is 2.38 bits per heavy atom. The van der Waals surface area contributed by atoms with Crippen LogP contribution in [0.4, 0.5) is 20.3 Å². The third-order valence-corrected chi connectivity index (χ3v) is 10.5. The van der Waals surface area contributed by atoms with Gasteiger partial charge in [0.1, 0.15) is 16.9 Å². The lowest BCUT2D eigenvalue weighted by atomic mass is 9.96. The zero-order valence-electron chi connectivity index (χ0n) is 27.2. The van der Waals surface area contributed by atoms with E-state index in [0.29, 0.717) is 22.3 Å². The van der Waals surface area contributed by atoms with Gasteiger partial charge < -0.3 is 10.1 Å². The summed E-state index contributed by atoms with van der Waals surface area (Å²) in [6.07, 6.45) is -2.92. The first-order valence-corrected chi connectivity index (χ1v) is 16.2. The molecule has 3 aromatic heterocycles. The van der Waals surface area contributed by atoms with Crippen LogP contribution in [0.2, 0.25) is 5.02 Å². The summed E-state index contributed by atoms with van der Waals surface area (Å²) in [6, 6.07) is 16.3. The molecule has 1 aliphatic carbocycles. The third-order valence-electron chi connectivity index (χ3n) is 10.1. The Labute approximate surface area is 280 Å². The van der Waals surface area contributed by atoms with Crippen molar-refractivity contribution in [3.63, 3.8) is 0 Å². The van der Waals surface area contributed by atoms with Gasteiger partial charge in [0.2, 0.25) is 5.88 Å². The first-order valence-electron chi connectivity index (χ1n) is 15.8. The van der Waals surface area contributed by atoms with Crippen molar-refractivity contribution in [1.29, 1.82) is 0 Å². The van der Waals surface area contributed by atoms with Gasteiger partial charge in [0, 0.05) is 56.1 Å². The van der Waals surface area contributed by atoms with E-state index in [0.717, 1.165) is 80.4 Å². The fraction of sp³-hybridized carbons (Fsp3) is 0.333. The molecule has 1 N–H and O–H groups in total. The first-order chi connectivity index (χ1) is 23.0. The zero-order chi connectivity index (χ0) is 34.0. The number of likely N-dealkylation sites (tertiary alicyclic amines) is 1. The maximum absolute atomic E-state index is 13.9. The number of hydrogen-bond acceptors (Lipinski definition) is 7. The van der Waals surface area contributed by atoms with Gasteiger partial charge in [-0.2, -0.15) is 0 Å². The van der Waals surface area contributed by atoms with Gasteiger partial charge in [-0.3, -0.25) is 18.8 Å². The molecule has 0 amide bonds. The minimum atomic E-state index is -2.92. The van der Waals surface area contributed by atoms with E-state index in [1.54, 1.807) is 19.2 Å². The number of pyridine rings is 2. The van der Waals surface area contributed by atoms with Crippen LogP contribution in [-0.4, -0.2) is 44.2 Å². The number of rotatable bonds is 8. The topological polar surface area (TPSA) is 94.3 Å². The Kier molecular flexibility index (Phi) is 8.07. The number of ether oxygens (including phenoxy) is 1. The van der Waals surface area contributed by atoms with E-state index in [2.05, 4.69) is 28.2 Å². The van der Waals surface area contributed by atoms with Gasteiger partial charge in [0.15, 0.2) is 0 Å². The molecular formula is C36H35ClF2N6O3. The lowest BCUT2D eigenvalue weighted by molar-refractivity contribution is 0.146. The van der Waals surface area contributed by atoms with Crippen LogP contribution in [0, 0.1) is 24.7 Å². The summed E-state index contributed by atoms with van der Waals surface area (Å²) in [4.78, 5) is 37.2. The van der Waals surface area contributed by atoms with Crippen LogP contribution in [0.1, 0.15) is 30.2 Å². The summed E-state index contributed by atoms with van der Waals surface area (Å²) in [5.74, 6) is 2.94. The maximum Gasteiger partial charge on any atom is 0.330 e. The molecule has 0 bridgehead atoms. The molecule has 1 saturated heterocycles. The number of alkyl halides is 2. The molecule has 2 aromatic carbocycles. The second-order valence-electron chi connectivity index (χ2n) is 12.8. The summed E-state index contributed by atoms with van der Waals surface area (Å²) in [6.45, 7) is 7.21. The lowest BCUT2D eigenvalue weighted by Gasteiger charge is -2.20. The first kappa shape index (κ1) is 32.0. The maximum atomic E-state index is 13.9. The highest BCUT2D eigenvalue weighted by atomic mass is 35.5. The van der Waals surface area contributed by atoms with E-state index in [9.17, 15) is 18.4 Å². The van der Waals surface area contributed by atoms with Gasteiger partial charge in [0.05, 0.1) is 23.3 Å². The quantitative estimate of drug-likeness (QED) is 0.196. The number of methoxy groups -OCH3 is 1. The Bertz CT molecular complexity index is 2210. The molecule has 2 aliphatic rings. The third kappa shape index (κ3) is 5.35. The summed E-state index contributed by atoms with van der Waals surface area (Å²) in [7, 11) is 4.39. The number of aryl methyl sites for hydroxylation is 1. The molecule has 248 valence electrons. The van der Waals surface area contributed by atoms with Crippen LogP contribution in [-0.2, 0) is 20.6 Å². The number of piperidine rings is 1. The van der Waals surface area contributed by atoms with Gasteiger partial charge in [-0.15, -0.1) is 0 Å². The number of hydrogen-bond donors (Lipinski definition) is 1. The van der Waals surface area contributed by atoms with Crippen molar-refractivity contribution in [2.45, 2.75) is 26.8 Å². The van der Waals surface area contributed by atoms with Gasteiger partial charge in [-0.1, -0.05) is 54.9 Å². The van der Waals surface area contributed by atoms with E-state index in [-0.39, 0.29) is 16.7 Å². The summed E-state index contributed by atoms with van der Waals surface area (Å²) in [5.41, 5.74) is 3.46. The molecule has 0 radical (unpaired) electrons. The number of nitrogens with zero attached hydrogens (tertiary/aromatic N) is 5. The number of aromatic nitrogens is 4. The summed E-state index contributed by atoms with van der Waals surface area (Å²) >= 11 is 7.09. The monoisotopic (exact) mass is 672 g/mol. The fourth-order valence-corrected chi connectivity index (χ4v) is 7.46. The Hall–Kier alpha value is -4.61. The normalized spacial score (nSPS) is 18.8. The number of fused-ring (bicyclic) bond motifs is 2. The predicted molar refractivity (Wildman–Crippen MR) is 183 cm³/mol. The van der Waals surface area contributed by atoms with Crippen LogP contribution in [0.5, 0.6) is 5.88 Å². The molecule has 5 aromatic rings. The van der Waals surface area contributed by atoms with Crippen molar-refractivity contribution in [3.05, 3.63) is 97.3 Å². The molecule has 1 saturated carbocycles. The van der Waals surface area contributed by atoms with Crippen molar-refractivity contribution >= 4 is 34.0 Å². The molecule has 2 unspecified atom stereocenters. The lowest BCUT2D eigenvalue weighted by Crippen LogP contribution is -2.37.